The third-order valence-corrected chi connectivity index (χ3v) is 3.39. The van der Waals surface area contributed by atoms with E-state index in [1.165, 1.54) is 30.3 Å². The molecule has 21 heavy (non-hydrogen) atoms. The highest BCUT2D eigenvalue weighted by molar-refractivity contribution is 9.10. The molecule has 0 aliphatic heterocycles. The molecular weight excluding hydrogens is 363 g/mol. The van der Waals surface area contributed by atoms with Crippen LogP contribution in [0.2, 0.25) is 5.02 Å². The largest absolute Gasteiger partial charge is 0.507 e. The standard InChI is InChI=1S/C14H9BrClFN2O2/c15-8-4-5-13(20)9(6-8)14(21)19-18-7-10-11(16)2-1-3-12(10)17/h1-7,20H,(H,19,21)/b18-7+. The van der Waals surface area contributed by atoms with Crippen molar-refractivity contribution < 1.29 is 14.3 Å². The van der Waals surface area contributed by atoms with Crippen LogP contribution in [-0.4, -0.2) is 17.2 Å². The van der Waals surface area contributed by atoms with Gasteiger partial charge in [-0.1, -0.05) is 33.6 Å². The third-order valence-electron chi connectivity index (χ3n) is 2.56. The van der Waals surface area contributed by atoms with Crippen LogP contribution in [-0.2, 0) is 0 Å². The van der Waals surface area contributed by atoms with Crippen molar-refractivity contribution >= 4 is 39.7 Å². The van der Waals surface area contributed by atoms with Crippen molar-refractivity contribution in [2.75, 3.05) is 0 Å². The number of carbonyl (C=O) groups excluding carboxylic acids is 1. The van der Waals surface area contributed by atoms with Gasteiger partial charge in [0.25, 0.3) is 5.91 Å². The molecule has 2 rings (SSSR count). The van der Waals surface area contributed by atoms with Gasteiger partial charge in [0, 0.05) is 10.0 Å². The third kappa shape index (κ3) is 3.80. The van der Waals surface area contributed by atoms with Crippen LogP contribution in [0.1, 0.15) is 15.9 Å². The highest BCUT2D eigenvalue weighted by Crippen LogP contribution is 2.21. The molecule has 0 aromatic heterocycles. The number of phenolic OH excluding ortho intramolecular Hbond substituents is 1. The monoisotopic (exact) mass is 370 g/mol. The van der Waals surface area contributed by atoms with Gasteiger partial charge in [0.15, 0.2) is 0 Å². The number of hydrogen-bond donors (Lipinski definition) is 2. The first-order valence-electron chi connectivity index (χ1n) is 5.75. The Bertz CT molecular complexity index is 702. The maximum absolute atomic E-state index is 13.5. The molecule has 0 atom stereocenters. The van der Waals surface area contributed by atoms with E-state index in [0.29, 0.717) is 4.47 Å². The average molecular weight is 372 g/mol. The molecule has 0 radical (unpaired) electrons. The van der Waals surface area contributed by atoms with Crippen molar-refractivity contribution in [3.63, 3.8) is 0 Å². The second kappa shape index (κ2) is 6.69. The zero-order valence-electron chi connectivity index (χ0n) is 10.5. The molecule has 1 amide bonds. The molecule has 2 aromatic carbocycles. The van der Waals surface area contributed by atoms with Crippen LogP contribution in [0.25, 0.3) is 0 Å². The van der Waals surface area contributed by atoms with Gasteiger partial charge in [-0.3, -0.25) is 4.79 Å². The van der Waals surface area contributed by atoms with Gasteiger partial charge in [0.05, 0.1) is 16.8 Å². The Labute approximate surface area is 133 Å². The number of benzene rings is 2. The van der Waals surface area contributed by atoms with Crippen LogP contribution in [0.3, 0.4) is 0 Å². The predicted molar refractivity (Wildman–Crippen MR) is 82.3 cm³/mol. The summed E-state index contributed by atoms with van der Waals surface area (Å²) in [5.41, 5.74) is 2.30. The van der Waals surface area contributed by atoms with Gasteiger partial charge < -0.3 is 5.11 Å². The van der Waals surface area contributed by atoms with Crippen molar-refractivity contribution in [2.24, 2.45) is 5.10 Å². The van der Waals surface area contributed by atoms with E-state index in [4.69, 9.17) is 11.6 Å². The number of rotatable bonds is 3. The fourth-order valence-corrected chi connectivity index (χ4v) is 2.11. The molecule has 0 unspecified atom stereocenters. The van der Waals surface area contributed by atoms with Crippen LogP contribution in [0.4, 0.5) is 4.39 Å². The molecule has 0 saturated heterocycles. The van der Waals surface area contributed by atoms with E-state index in [-0.39, 0.29) is 21.9 Å². The van der Waals surface area contributed by atoms with Gasteiger partial charge >= 0.3 is 0 Å². The highest BCUT2D eigenvalue weighted by atomic mass is 79.9. The molecule has 0 spiro atoms. The number of nitrogens with one attached hydrogen (secondary N) is 1. The molecule has 0 saturated carbocycles. The lowest BCUT2D eigenvalue weighted by Crippen LogP contribution is -2.17. The smallest absolute Gasteiger partial charge is 0.275 e. The molecule has 4 nitrogen and oxygen atoms in total. The number of hydrazone groups is 1. The predicted octanol–water partition coefficient (Wildman–Crippen LogP) is 3.71. The number of phenols is 1. The Morgan fingerprint density at radius 2 is 2.14 bits per heavy atom. The minimum Gasteiger partial charge on any atom is -0.507 e. The van der Waals surface area contributed by atoms with Gasteiger partial charge in [0.1, 0.15) is 11.6 Å². The number of carbonyl (C=O) groups is 1. The molecule has 0 aliphatic carbocycles. The maximum Gasteiger partial charge on any atom is 0.275 e. The van der Waals surface area contributed by atoms with E-state index in [2.05, 4.69) is 26.5 Å². The van der Waals surface area contributed by atoms with Gasteiger partial charge in [0.2, 0.25) is 0 Å². The second-order valence-electron chi connectivity index (χ2n) is 4.00. The topological polar surface area (TPSA) is 61.7 Å². The van der Waals surface area contributed by atoms with Crippen LogP contribution in [0.15, 0.2) is 46.0 Å². The number of nitrogens with zero attached hydrogens (tertiary/aromatic N) is 1. The Morgan fingerprint density at radius 3 is 2.86 bits per heavy atom. The normalized spacial score (nSPS) is 10.8. The first kappa shape index (κ1) is 15.5. The van der Waals surface area contributed by atoms with E-state index in [9.17, 15) is 14.3 Å². The van der Waals surface area contributed by atoms with E-state index in [1.807, 2.05) is 0 Å². The Hall–Kier alpha value is -1.92. The van der Waals surface area contributed by atoms with E-state index in [0.717, 1.165) is 6.21 Å². The van der Waals surface area contributed by atoms with Gasteiger partial charge in [-0.05, 0) is 30.3 Å². The lowest BCUT2D eigenvalue weighted by atomic mass is 10.2. The first-order valence-corrected chi connectivity index (χ1v) is 6.92. The van der Waals surface area contributed by atoms with Crippen molar-refractivity contribution in [3.8, 4) is 5.75 Å². The summed E-state index contributed by atoms with van der Waals surface area (Å²) in [5.74, 6) is -1.36. The lowest BCUT2D eigenvalue weighted by molar-refractivity contribution is 0.0952. The van der Waals surface area contributed by atoms with Crippen molar-refractivity contribution in [3.05, 3.63) is 62.8 Å². The van der Waals surface area contributed by atoms with Crippen molar-refractivity contribution in [2.45, 2.75) is 0 Å². The molecule has 108 valence electrons. The maximum atomic E-state index is 13.5. The molecule has 0 bridgehead atoms. The van der Waals surface area contributed by atoms with Gasteiger partial charge in [-0.15, -0.1) is 0 Å². The average Bonchev–Trinajstić information content (AvgIpc) is 2.44. The number of halogens is 3. The molecule has 0 aliphatic rings. The summed E-state index contributed by atoms with van der Waals surface area (Å²) in [6.07, 6.45) is 1.10. The summed E-state index contributed by atoms with van der Waals surface area (Å²) in [6.45, 7) is 0. The molecule has 7 heteroatoms. The van der Waals surface area contributed by atoms with Crippen molar-refractivity contribution in [1.82, 2.24) is 5.43 Å². The van der Waals surface area contributed by atoms with Crippen molar-refractivity contribution in [1.29, 1.82) is 0 Å². The van der Waals surface area contributed by atoms with Crippen LogP contribution in [0.5, 0.6) is 5.75 Å². The van der Waals surface area contributed by atoms with Crippen LogP contribution < -0.4 is 5.43 Å². The molecular formula is C14H9BrClFN2O2. The highest BCUT2D eigenvalue weighted by Gasteiger charge is 2.11. The summed E-state index contributed by atoms with van der Waals surface area (Å²) >= 11 is 9.01. The molecule has 0 fully saturated rings. The molecule has 0 heterocycles. The van der Waals surface area contributed by atoms with Gasteiger partial charge in [-0.25, -0.2) is 9.82 Å². The minimum absolute atomic E-state index is 0.0427. The lowest BCUT2D eigenvalue weighted by Gasteiger charge is -2.04. The van der Waals surface area contributed by atoms with Crippen LogP contribution >= 0.6 is 27.5 Å². The molecule has 2 N–H and O–H groups in total. The zero-order chi connectivity index (χ0) is 15.4. The second-order valence-corrected chi connectivity index (χ2v) is 5.32. The summed E-state index contributed by atoms with van der Waals surface area (Å²) in [5, 5.41) is 13.4. The fourth-order valence-electron chi connectivity index (χ4n) is 1.54. The van der Waals surface area contributed by atoms with Gasteiger partial charge in [-0.2, -0.15) is 5.10 Å². The quantitative estimate of drug-likeness (QED) is 0.638. The number of hydrogen-bond acceptors (Lipinski definition) is 3. The Balaban J connectivity index is 2.14. The van der Waals surface area contributed by atoms with E-state index < -0.39 is 11.7 Å². The fraction of sp³-hybridized carbons (Fsp3) is 0. The number of amides is 1. The zero-order valence-corrected chi connectivity index (χ0v) is 12.8. The summed E-state index contributed by atoms with van der Waals surface area (Å²) in [6, 6.07) is 8.61. The summed E-state index contributed by atoms with van der Waals surface area (Å²) < 4.78 is 14.1. The summed E-state index contributed by atoms with van der Waals surface area (Å²) in [7, 11) is 0. The Morgan fingerprint density at radius 1 is 1.38 bits per heavy atom. The van der Waals surface area contributed by atoms with Crippen LogP contribution in [0, 0.1) is 5.82 Å². The SMILES string of the molecule is O=C(N/N=C/c1c(F)cccc1Cl)c1cc(Br)ccc1O. The van der Waals surface area contributed by atoms with E-state index in [1.54, 1.807) is 6.07 Å². The van der Waals surface area contributed by atoms with E-state index >= 15 is 0 Å². The Kier molecular flexibility index (Phi) is 4.93. The molecule has 2 aromatic rings. The minimum atomic E-state index is -0.627. The summed E-state index contributed by atoms with van der Waals surface area (Å²) in [4.78, 5) is 11.8. The number of aromatic hydroxyl groups is 1. The first-order chi connectivity index (χ1) is 9.99.